The molecule has 11 heavy (non-hydrogen) atoms. The Balaban J connectivity index is 2.61. The van der Waals surface area contributed by atoms with Gasteiger partial charge in [-0.2, -0.15) is 0 Å². The van der Waals surface area contributed by atoms with Gasteiger partial charge in [-0.15, -0.1) is 0 Å². The van der Waals surface area contributed by atoms with Crippen LogP contribution in [0.25, 0.3) is 0 Å². The van der Waals surface area contributed by atoms with Crippen LogP contribution in [0.3, 0.4) is 0 Å². The fraction of sp³-hybridized carbons (Fsp3) is 0.250. The van der Waals surface area contributed by atoms with E-state index < -0.39 is 0 Å². The molecule has 0 radical (unpaired) electrons. The first kappa shape index (κ1) is 9.05. The van der Waals surface area contributed by atoms with Gasteiger partial charge < -0.3 is 4.18 Å². The second-order valence-corrected chi connectivity index (χ2v) is 6.16. The summed E-state index contributed by atoms with van der Waals surface area (Å²) >= 11 is 1.55. The van der Waals surface area contributed by atoms with Crippen LogP contribution in [0.4, 0.5) is 0 Å². The average Bonchev–Trinajstić information content (AvgIpc) is 2.07. The summed E-state index contributed by atoms with van der Waals surface area (Å²) in [6.07, 6.45) is 0. The van der Waals surface area contributed by atoms with E-state index in [1.165, 1.54) is 5.30 Å². The van der Waals surface area contributed by atoms with Crippen molar-refractivity contribution in [3.63, 3.8) is 0 Å². The molecule has 0 fully saturated rings. The van der Waals surface area contributed by atoms with Crippen LogP contribution in [0.1, 0.15) is 0 Å². The molecule has 1 aromatic rings. The number of hydrogen-bond acceptors (Lipinski definition) is 2. The Bertz CT molecular complexity index is 203. The van der Waals surface area contributed by atoms with E-state index in [0.29, 0.717) is 0 Å². The highest BCUT2D eigenvalue weighted by Gasteiger charge is 2.03. The minimum Gasteiger partial charge on any atom is -0.314 e. The maximum absolute atomic E-state index is 5.00. The molecule has 0 N–H and O–H groups in total. The summed E-state index contributed by atoms with van der Waals surface area (Å²) in [6, 6.07) is 10.4. The van der Waals surface area contributed by atoms with E-state index in [4.69, 9.17) is 4.18 Å². The number of rotatable bonds is 3. The van der Waals surface area contributed by atoms with Crippen LogP contribution in [0, 0.1) is 0 Å². The van der Waals surface area contributed by atoms with Crippen molar-refractivity contribution in [2.75, 3.05) is 13.8 Å². The Morgan fingerprint density at radius 2 is 1.91 bits per heavy atom. The first-order valence-corrected chi connectivity index (χ1v) is 6.47. The van der Waals surface area contributed by atoms with Gasteiger partial charge >= 0.3 is 0 Å². The molecule has 1 nitrogen and oxygen atoms in total. The molecule has 0 aromatic heterocycles. The molecule has 3 heteroatoms. The lowest BCUT2D eigenvalue weighted by molar-refractivity contribution is 0.497. The molecular formula is C8H11OPS. The maximum atomic E-state index is 5.00. The van der Waals surface area contributed by atoms with Crippen LogP contribution in [0.2, 0.25) is 0 Å². The van der Waals surface area contributed by atoms with Crippen LogP contribution >= 0.6 is 18.8 Å². The van der Waals surface area contributed by atoms with Crippen molar-refractivity contribution in [3.05, 3.63) is 30.3 Å². The normalized spacial score (nSPS) is 12.9. The molecular weight excluding hydrogens is 175 g/mol. The van der Waals surface area contributed by atoms with Gasteiger partial charge in [0.25, 0.3) is 0 Å². The van der Waals surface area contributed by atoms with E-state index in [0.717, 1.165) is 0 Å². The Labute approximate surface area is 72.9 Å². The molecule has 1 atom stereocenters. The lowest BCUT2D eigenvalue weighted by Crippen LogP contribution is -1.94. The van der Waals surface area contributed by atoms with Gasteiger partial charge in [0, 0.05) is 18.8 Å². The van der Waals surface area contributed by atoms with Gasteiger partial charge in [-0.05, 0) is 12.0 Å². The van der Waals surface area contributed by atoms with E-state index in [1.807, 2.05) is 6.07 Å². The summed E-state index contributed by atoms with van der Waals surface area (Å²) in [5, 5.41) is 1.37. The van der Waals surface area contributed by atoms with Crippen LogP contribution in [0.5, 0.6) is 0 Å². The summed E-state index contributed by atoms with van der Waals surface area (Å²) in [5.41, 5.74) is 0. The van der Waals surface area contributed by atoms with Gasteiger partial charge in [0.05, 0.1) is 7.11 Å². The zero-order valence-electron chi connectivity index (χ0n) is 6.65. The molecule has 1 unspecified atom stereocenters. The highest BCUT2D eigenvalue weighted by molar-refractivity contribution is 8.55. The first-order valence-electron chi connectivity index (χ1n) is 3.34. The Morgan fingerprint density at radius 1 is 1.27 bits per heavy atom. The van der Waals surface area contributed by atoms with Crippen LogP contribution in [-0.4, -0.2) is 13.8 Å². The van der Waals surface area contributed by atoms with Gasteiger partial charge in [0.1, 0.15) is 0 Å². The van der Waals surface area contributed by atoms with Gasteiger partial charge in [0.2, 0.25) is 0 Å². The monoisotopic (exact) mass is 186 g/mol. The minimum atomic E-state index is -0.181. The largest absolute Gasteiger partial charge is 0.314 e. The average molecular weight is 186 g/mol. The van der Waals surface area contributed by atoms with Crippen molar-refractivity contribution in [2.24, 2.45) is 0 Å². The Hall–Kier alpha value is -0.0400. The minimum absolute atomic E-state index is 0.181. The van der Waals surface area contributed by atoms with Crippen molar-refractivity contribution in [2.45, 2.75) is 0 Å². The summed E-state index contributed by atoms with van der Waals surface area (Å²) in [5.74, 6) is 0. The van der Waals surface area contributed by atoms with Crippen LogP contribution in [-0.2, 0) is 4.18 Å². The van der Waals surface area contributed by atoms with Gasteiger partial charge in [-0.3, -0.25) is 0 Å². The summed E-state index contributed by atoms with van der Waals surface area (Å²) in [6.45, 7) is 2.19. The standard InChI is InChI=1S/C8H11OPS/c1-9-11-10(2)8-6-4-3-5-7-8/h3-7H,1-2H3. The van der Waals surface area contributed by atoms with E-state index in [9.17, 15) is 0 Å². The lowest BCUT2D eigenvalue weighted by Gasteiger charge is -2.07. The zero-order valence-corrected chi connectivity index (χ0v) is 8.36. The summed E-state index contributed by atoms with van der Waals surface area (Å²) < 4.78 is 5.00. The summed E-state index contributed by atoms with van der Waals surface area (Å²) in [7, 11) is 1.53. The van der Waals surface area contributed by atoms with Gasteiger partial charge in [0.15, 0.2) is 0 Å². The first-order chi connectivity index (χ1) is 5.34. The molecule has 0 aliphatic carbocycles. The second-order valence-electron chi connectivity index (χ2n) is 2.07. The summed E-state index contributed by atoms with van der Waals surface area (Å²) in [4.78, 5) is 0. The SMILES string of the molecule is COSP(C)c1ccccc1. The van der Waals surface area contributed by atoms with Crippen molar-refractivity contribution < 1.29 is 4.18 Å². The number of hydrogen-bond donors (Lipinski definition) is 0. The van der Waals surface area contributed by atoms with E-state index in [1.54, 1.807) is 18.8 Å². The lowest BCUT2D eigenvalue weighted by atomic mass is 10.4. The second kappa shape index (κ2) is 4.76. The molecule has 0 amide bonds. The van der Waals surface area contributed by atoms with Crippen molar-refractivity contribution in [3.8, 4) is 0 Å². The third-order valence-electron chi connectivity index (χ3n) is 1.31. The quantitative estimate of drug-likeness (QED) is 0.530. The molecule has 0 spiro atoms. The van der Waals surface area contributed by atoms with Gasteiger partial charge in [-0.25, -0.2) is 0 Å². The molecule has 0 aliphatic rings. The highest BCUT2D eigenvalue weighted by atomic mass is 32.7. The molecule has 0 saturated heterocycles. The predicted octanol–water partition coefficient (Wildman–Crippen LogP) is 2.63. The fourth-order valence-corrected chi connectivity index (χ4v) is 2.99. The van der Waals surface area contributed by atoms with E-state index in [2.05, 4.69) is 30.9 Å². The zero-order chi connectivity index (χ0) is 8.10. The molecule has 60 valence electrons. The highest BCUT2D eigenvalue weighted by Crippen LogP contribution is 2.44. The molecule has 0 aliphatic heterocycles. The van der Waals surface area contributed by atoms with E-state index >= 15 is 0 Å². The smallest absolute Gasteiger partial charge is 0.0508 e. The van der Waals surface area contributed by atoms with Crippen molar-refractivity contribution in [1.29, 1.82) is 0 Å². The Morgan fingerprint density at radius 3 is 2.45 bits per heavy atom. The molecule has 1 aromatic carbocycles. The fourth-order valence-electron chi connectivity index (χ4n) is 0.793. The molecule has 0 heterocycles. The van der Waals surface area contributed by atoms with Crippen molar-refractivity contribution in [1.82, 2.24) is 0 Å². The van der Waals surface area contributed by atoms with E-state index in [-0.39, 0.29) is 7.12 Å². The molecule has 1 rings (SSSR count). The topological polar surface area (TPSA) is 9.23 Å². The van der Waals surface area contributed by atoms with Crippen LogP contribution in [0.15, 0.2) is 30.3 Å². The Kier molecular flexibility index (Phi) is 3.92. The van der Waals surface area contributed by atoms with Gasteiger partial charge in [-0.1, -0.05) is 30.3 Å². The molecule has 0 bridgehead atoms. The third kappa shape index (κ3) is 2.82. The maximum Gasteiger partial charge on any atom is 0.0508 e. The number of benzene rings is 1. The third-order valence-corrected chi connectivity index (χ3v) is 4.45. The van der Waals surface area contributed by atoms with Crippen molar-refractivity contribution >= 4 is 24.1 Å². The van der Waals surface area contributed by atoms with Crippen LogP contribution < -0.4 is 5.30 Å². The molecule has 0 saturated carbocycles. The predicted molar refractivity (Wildman–Crippen MR) is 53.5 cm³/mol.